The Kier molecular flexibility index (Phi) is 26.2. The van der Waals surface area contributed by atoms with E-state index in [9.17, 15) is 80.6 Å². The molecular formula is C58H83N6O19S4+. The van der Waals surface area contributed by atoms with Crippen LogP contribution in [0.15, 0.2) is 77.4 Å². The number of allylic oxidation sites excluding steroid dienone is 6. The van der Waals surface area contributed by atoms with Gasteiger partial charge < -0.3 is 30.9 Å². The van der Waals surface area contributed by atoms with Crippen LogP contribution in [-0.2, 0) is 84.8 Å². The lowest BCUT2D eigenvalue weighted by Crippen LogP contribution is -2.56. The van der Waals surface area contributed by atoms with Crippen LogP contribution < -0.4 is 26.2 Å². The number of aryl methyl sites for hydroxylation is 1. The number of carbonyl (C=O) groups excluding carboxylic acids is 6. The van der Waals surface area contributed by atoms with Crippen LogP contribution in [0.4, 0.5) is 11.4 Å². The third-order valence-electron chi connectivity index (χ3n) is 15.7. The minimum absolute atomic E-state index is 0.0520. The number of hydrogen-bond donors (Lipinski definition) is 8. The molecule has 3 heterocycles. The molecule has 0 fully saturated rings. The van der Waals surface area contributed by atoms with Gasteiger partial charge in [-0.1, -0.05) is 42.7 Å². The summed E-state index contributed by atoms with van der Waals surface area (Å²) in [6.45, 7) is 10.3. The molecule has 0 bridgehead atoms. The minimum Gasteiger partial charge on any atom is -0.468 e. The van der Waals surface area contributed by atoms with Gasteiger partial charge in [-0.25, -0.2) is 0 Å². The highest BCUT2D eigenvalue weighted by molar-refractivity contribution is 7.86. The molecule has 5 rings (SSSR count). The van der Waals surface area contributed by atoms with Crippen molar-refractivity contribution in [3.63, 3.8) is 0 Å². The number of ether oxygens (including phenoxy) is 1. The third kappa shape index (κ3) is 22.1. The van der Waals surface area contributed by atoms with Gasteiger partial charge in [0.25, 0.3) is 46.9 Å². The summed E-state index contributed by atoms with van der Waals surface area (Å²) in [5.41, 5.74) is 5.20. The SMILES string of the molecule is Cc1ccc2c(c1)C(C)(C)C1=[N+]2CCCCCC(=O)NCCCCCNC(=O)C(CS(=O)(=O)O)CC(=O)C(CS(=O)(=O)O)NC(=O)C(CS(=O)(=O)O)NC(=O)CCCCCC2(C)C(=CC=CC=C1)N(CCCCCOC=O)c1ccc(S(=O)(=O)O)cc12. The van der Waals surface area contributed by atoms with Gasteiger partial charge in [-0.2, -0.15) is 38.2 Å². The van der Waals surface area contributed by atoms with Gasteiger partial charge >= 0.3 is 0 Å². The lowest BCUT2D eigenvalue weighted by molar-refractivity contribution is -0.438. The quantitative estimate of drug-likeness (QED) is 0.0541. The van der Waals surface area contributed by atoms with E-state index in [0.717, 1.165) is 35.5 Å². The topological polar surface area (TPSA) is 383 Å². The molecule has 0 aliphatic carbocycles. The van der Waals surface area contributed by atoms with Crippen LogP contribution in [0.1, 0.15) is 140 Å². The number of benzene rings is 2. The van der Waals surface area contributed by atoms with Gasteiger partial charge in [0.2, 0.25) is 29.3 Å². The highest BCUT2D eigenvalue weighted by Gasteiger charge is 2.45. The second-order valence-electron chi connectivity index (χ2n) is 23.0. The van der Waals surface area contributed by atoms with E-state index in [1.807, 2.05) is 43.5 Å². The van der Waals surface area contributed by atoms with E-state index in [1.165, 1.54) is 17.7 Å². The van der Waals surface area contributed by atoms with Crippen LogP contribution in [-0.4, -0.2) is 160 Å². The molecule has 3 aliphatic heterocycles. The number of nitrogens with one attached hydrogen (secondary N) is 4. The molecule has 0 saturated heterocycles. The molecule has 2 aromatic carbocycles. The molecule has 8 N–H and O–H groups in total. The van der Waals surface area contributed by atoms with Crippen molar-refractivity contribution < 1.29 is 90.0 Å². The van der Waals surface area contributed by atoms with E-state index in [0.29, 0.717) is 102 Å². The van der Waals surface area contributed by atoms with Crippen LogP contribution in [0.25, 0.3) is 0 Å². The van der Waals surface area contributed by atoms with Crippen molar-refractivity contribution in [3.8, 4) is 0 Å². The van der Waals surface area contributed by atoms with Crippen LogP contribution in [0.3, 0.4) is 0 Å². The molecule has 87 heavy (non-hydrogen) atoms. The van der Waals surface area contributed by atoms with Gasteiger partial charge in [0.15, 0.2) is 11.5 Å². The smallest absolute Gasteiger partial charge is 0.294 e. The first-order valence-corrected chi connectivity index (χ1v) is 35.3. The number of nitrogens with zero attached hydrogens (tertiary/aromatic N) is 2. The Bertz CT molecular complexity index is 3440. The summed E-state index contributed by atoms with van der Waals surface area (Å²) in [6.07, 6.45) is 15.1. The van der Waals surface area contributed by atoms with Crippen molar-refractivity contribution in [3.05, 3.63) is 89.2 Å². The highest BCUT2D eigenvalue weighted by Crippen LogP contribution is 2.51. The molecule has 4 atom stereocenters. The van der Waals surface area contributed by atoms with Gasteiger partial charge in [-0.05, 0) is 128 Å². The van der Waals surface area contributed by atoms with E-state index in [-0.39, 0.29) is 48.6 Å². The first kappa shape index (κ1) is 71.5. The number of unbranched alkanes of at least 4 members (excludes halogenated alkanes) is 2. The standard InChI is InChI=1S/C58H82N6O19S4/c1-41-24-26-48-44(34-41)57(2,3)51-20-10-5-11-21-52-58(4,45-36-43(87(80,81)82)25-27-49(45)64(52)32-18-9-19-33-83-40-65)28-14-6-12-23-54(68)61-47(39-86(77,78)79)56(70)62-46(38-85(74,75)76)50(66)35-42(37-84(71,72)73)55(69)60-30-16-8-15-29-59-53(67)22-13-7-17-31-63(48)51/h5,10-11,20-21,24-27,34,36,40,42,46-47H,6-9,12-19,22-23,28-33,35,37-39H2,1-4H3,(H7-,59,60,61,62,67,68,69,70,71,72,73,74,75,76,77,78,79,80,81,82)/p+1. The lowest BCUT2D eigenvalue weighted by Gasteiger charge is -2.30. The number of Topliss-reactive ketones (excluding diaryl/α,β-unsaturated/α-hetero) is 1. The largest absolute Gasteiger partial charge is 0.468 e. The maximum Gasteiger partial charge on any atom is 0.294 e. The summed E-state index contributed by atoms with van der Waals surface area (Å²) in [7, 11) is -19.9. The Morgan fingerprint density at radius 3 is 1.98 bits per heavy atom. The van der Waals surface area contributed by atoms with Crippen molar-refractivity contribution in [1.29, 1.82) is 0 Å². The van der Waals surface area contributed by atoms with E-state index in [1.54, 1.807) is 6.07 Å². The van der Waals surface area contributed by atoms with Crippen LogP contribution in [0.5, 0.6) is 0 Å². The van der Waals surface area contributed by atoms with Crippen LogP contribution in [0, 0.1) is 12.8 Å². The predicted molar refractivity (Wildman–Crippen MR) is 325 cm³/mol. The molecule has 0 saturated carbocycles. The van der Waals surface area contributed by atoms with E-state index in [2.05, 4.69) is 63.5 Å². The summed E-state index contributed by atoms with van der Waals surface area (Å²) in [4.78, 5) is 79.5. The first-order chi connectivity index (χ1) is 40.7. The maximum atomic E-state index is 13.7. The second-order valence-corrected chi connectivity index (χ2v) is 28.9. The van der Waals surface area contributed by atoms with Crippen molar-refractivity contribution in [2.75, 3.05) is 54.9 Å². The van der Waals surface area contributed by atoms with Crippen LogP contribution >= 0.6 is 0 Å². The van der Waals surface area contributed by atoms with Crippen molar-refractivity contribution in [2.45, 2.75) is 158 Å². The van der Waals surface area contributed by atoms with E-state index < -0.39 is 111 Å². The normalized spacial score (nSPS) is 22.7. The molecule has 4 amide bonds. The average molecular weight is 1300 g/mol. The zero-order chi connectivity index (χ0) is 64.4. The Balaban J connectivity index is 1.50. The molecule has 4 unspecified atom stereocenters. The van der Waals surface area contributed by atoms with Gasteiger partial charge in [0, 0.05) is 79.8 Å². The zero-order valence-electron chi connectivity index (χ0n) is 49.6. The van der Waals surface area contributed by atoms with Crippen molar-refractivity contribution in [2.24, 2.45) is 5.92 Å². The van der Waals surface area contributed by atoms with Crippen molar-refractivity contribution >= 4 is 93.4 Å². The molecule has 29 heteroatoms. The van der Waals surface area contributed by atoms with Crippen LogP contribution in [0.2, 0.25) is 0 Å². The average Bonchev–Trinajstić information content (AvgIpc) is 1.68. The molecule has 25 nitrogen and oxygen atoms in total. The predicted octanol–water partition coefficient (Wildman–Crippen LogP) is 4.87. The Morgan fingerprint density at radius 1 is 0.667 bits per heavy atom. The molecule has 0 radical (unpaired) electrons. The summed E-state index contributed by atoms with van der Waals surface area (Å²) in [5, 5.41) is 9.44. The number of anilines is 1. The van der Waals surface area contributed by atoms with E-state index >= 15 is 0 Å². The first-order valence-electron chi connectivity index (χ1n) is 29.0. The summed E-state index contributed by atoms with van der Waals surface area (Å²) in [5.74, 6) is -11.3. The Hall–Kier alpha value is -6.21. The maximum absolute atomic E-state index is 13.7. The highest BCUT2D eigenvalue weighted by atomic mass is 32.2. The molecular weight excluding hydrogens is 1210 g/mol. The summed E-state index contributed by atoms with van der Waals surface area (Å²) in [6, 6.07) is 6.31. The van der Waals surface area contributed by atoms with Gasteiger partial charge in [0.1, 0.15) is 30.1 Å². The fraction of sp³-hybridized carbons (Fsp3) is 0.569. The zero-order valence-corrected chi connectivity index (χ0v) is 52.8. The van der Waals surface area contributed by atoms with Gasteiger partial charge in [0.05, 0.1) is 28.6 Å². The Morgan fingerprint density at radius 2 is 1.31 bits per heavy atom. The number of rotatable bonds is 14. The molecule has 2 aromatic rings. The fourth-order valence-electron chi connectivity index (χ4n) is 11.3. The summed E-state index contributed by atoms with van der Waals surface area (Å²) >= 11 is 0. The van der Waals surface area contributed by atoms with Gasteiger partial charge in [-0.15, -0.1) is 0 Å². The Labute approximate surface area is 510 Å². The number of fused-ring (bicyclic) bond motifs is 5. The van der Waals surface area contributed by atoms with E-state index in [4.69, 9.17) is 4.74 Å². The number of amides is 4. The molecule has 0 spiro atoms. The minimum atomic E-state index is -5.17. The molecule has 0 aromatic heterocycles. The second kappa shape index (κ2) is 31.8. The fourth-order valence-corrected chi connectivity index (χ4v) is 13.9. The number of carbonyl (C=O) groups is 6. The lowest BCUT2D eigenvalue weighted by atomic mass is 9.77. The monoisotopic (exact) mass is 1300 g/mol. The molecule has 3 aliphatic rings. The summed E-state index contributed by atoms with van der Waals surface area (Å²) < 4.78 is 145. The number of hydrogen-bond acceptors (Lipinski definition) is 16. The third-order valence-corrected chi connectivity index (χ3v) is 18.9. The molecule has 482 valence electrons. The van der Waals surface area contributed by atoms with Gasteiger partial charge in [-0.3, -0.25) is 47.0 Å². The van der Waals surface area contributed by atoms with Crippen molar-refractivity contribution in [1.82, 2.24) is 21.3 Å². The number of ketones is 1.